The molecule has 3 heterocycles. The maximum Gasteiger partial charge on any atom is 0.238 e. The Morgan fingerprint density at radius 1 is 1.00 bits per heavy atom. The lowest BCUT2D eigenvalue weighted by atomic mass is 10.1. The molecule has 4 aromatic rings. The number of halogens is 3. The lowest BCUT2D eigenvalue weighted by Crippen LogP contribution is -2.11. The van der Waals surface area contributed by atoms with Gasteiger partial charge in [0.1, 0.15) is 11.4 Å². The van der Waals surface area contributed by atoms with E-state index in [1.807, 2.05) is 30.7 Å². The Labute approximate surface area is 188 Å². The lowest BCUT2D eigenvalue weighted by Gasteiger charge is -2.17. The highest BCUT2D eigenvalue weighted by Gasteiger charge is 2.17. The Kier molecular flexibility index (Phi) is 5.99. The molecule has 0 amide bonds. The predicted molar refractivity (Wildman–Crippen MR) is 117 cm³/mol. The van der Waals surface area contributed by atoms with Crippen LogP contribution >= 0.6 is 0 Å². The maximum absolute atomic E-state index is 13.6. The summed E-state index contributed by atoms with van der Waals surface area (Å²) in [5.41, 5.74) is 3.67. The highest BCUT2D eigenvalue weighted by Crippen LogP contribution is 2.28. The highest BCUT2D eigenvalue weighted by molar-refractivity contribution is 5.61. The van der Waals surface area contributed by atoms with Crippen LogP contribution in [0.25, 0.3) is 17.1 Å². The Morgan fingerprint density at radius 3 is 2.33 bits per heavy atom. The fraction of sp³-hybridized carbons (Fsp3) is 0.217. The van der Waals surface area contributed by atoms with E-state index in [4.69, 9.17) is 4.74 Å². The number of methoxy groups -OCH3 is 1. The third-order valence-corrected chi connectivity index (χ3v) is 5.13. The van der Waals surface area contributed by atoms with E-state index in [0.29, 0.717) is 23.1 Å². The van der Waals surface area contributed by atoms with Crippen molar-refractivity contribution in [3.05, 3.63) is 77.1 Å². The first-order valence-corrected chi connectivity index (χ1v) is 10.1. The van der Waals surface area contributed by atoms with Crippen LogP contribution in [-0.4, -0.2) is 31.8 Å². The summed E-state index contributed by atoms with van der Waals surface area (Å²) in [6.45, 7) is 5.39. The quantitative estimate of drug-likeness (QED) is 0.416. The summed E-state index contributed by atoms with van der Waals surface area (Å²) in [6.07, 6.45) is 3.54. The van der Waals surface area contributed by atoms with Crippen molar-refractivity contribution in [2.45, 2.75) is 26.8 Å². The number of nitrogens with one attached hydrogen (secondary N) is 1. The van der Waals surface area contributed by atoms with Crippen molar-refractivity contribution in [2.75, 3.05) is 12.4 Å². The molecule has 1 N–H and O–H groups in total. The minimum absolute atomic E-state index is 0.244. The maximum atomic E-state index is 13.6. The van der Waals surface area contributed by atoms with Gasteiger partial charge in [0, 0.05) is 6.20 Å². The van der Waals surface area contributed by atoms with Crippen LogP contribution in [0.3, 0.4) is 0 Å². The van der Waals surface area contributed by atoms with Crippen molar-refractivity contribution < 1.29 is 17.9 Å². The largest absolute Gasteiger partial charge is 0.479 e. The van der Waals surface area contributed by atoms with Crippen LogP contribution in [0.4, 0.5) is 19.0 Å². The van der Waals surface area contributed by atoms with Gasteiger partial charge in [-0.05, 0) is 62.2 Å². The summed E-state index contributed by atoms with van der Waals surface area (Å²) in [4.78, 5) is 8.76. The standard InChI is InChI=1S/C23H21F3N6O/c1-12-7-19(18-5-6-20(23(29-18)33-4)32-10-13(2)27-11-32)30-31-22(12)28-14(3)15-8-16(24)21(26)17(25)9-15/h5-11,14H,1-4H3,(H,28,31)/t14-/m0/s1. The monoisotopic (exact) mass is 454 g/mol. The van der Waals surface area contributed by atoms with Crippen molar-refractivity contribution in [1.82, 2.24) is 24.7 Å². The molecule has 0 aliphatic carbocycles. The molecule has 0 radical (unpaired) electrons. The fourth-order valence-electron chi connectivity index (χ4n) is 3.34. The number of benzene rings is 1. The lowest BCUT2D eigenvalue weighted by molar-refractivity contribution is 0.396. The van der Waals surface area contributed by atoms with Gasteiger partial charge in [0.15, 0.2) is 23.3 Å². The molecule has 10 heteroatoms. The van der Waals surface area contributed by atoms with E-state index in [2.05, 4.69) is 25.5 Å². The van der Waals surface area contributed by atoms with Gasteiger partial charge in [-0.3, -0.25) is 0 Å². The van der Waals surface area contributed by atoms with Crippen LogP contribution in [0, 0.1) is 31.3 Å². The van der Waals surface area contributed by atoms with Crippen LogP contribution in [0.15, 0.2) is 42.9 Å². The summed E-state index contributed by atoms with van der Waals surface area (Å²) in [7, 11) is 1.53. The van der Waals surface area contributed by atoms with Crippen LogP contribution in [-0.2, 0) is 0 Å². The smallest absolute Gasteiger partial charge is 0.238 e. The summed E-state index contributed by atoms with van der Waals surface area (Å²) in [5.74, 6) is -3.16. The van der Waals surface area contributed by atoms with E-state index in [1.165, 1.54) is 7.11 Å². The zero-order chi connectivity index (χ0) is 23.7. The number of hydrogen-bond acceptors (Lipinski definition) is 6. The predicted octanol–water partition coefficient (Wildman–Crippen LogP) is 4.94. The number of anilines is 1. The van der Waals surface area contributed by atoms with Crippen molar-refractivity contribution in [3.63, 3.8) is 0 Å². The number of pyridine rings is 1. The number of imidazole rings is 1. The van der Waals surface area contributed by atoms with Crippen LogP contribution in [0.1, 0.15) is 29.8 Å². The van der Waals surface area contributed by atoms with E-state index in [0.717, 1.165) is 29.1 Å². The molecule has 33 heavy (non-hydrogen) atoms. The molecule has 3 aromatic heterocycles. The van der Waals surface area contributed by atoms with Crippen molar-refractivity contribution in [3.8, 4) is 23.0 Å². The zero-order valence-corrected chi connectivity index (χ0v) is 18.4. The fourth-order valence-corrected chi connectivity index (χ4v) is 3.34. The number of rotatable bonds is 6. The van der Waals surface area contributed by atoms with E-state index >= 15 is 0 Å². The number of hydrogen-bond donors (Lipinski definition) is 1. The van der Waals surface area contributed by atoms with Crippen molar-refractivity contribution >= 4 is 5.82 Å². The molecule has 0 bridgehead atoms. The molecular weight excluding hydrogens is 433 g/mol. The number of nitrogens with zero attached hydrogens (tertiary/aromatic N) is 5. The van der Waals surface area contributed by atoms with Gasteiger partial charge in [0.25, 0.3) is 0 Å². The van der Waals surface area contributed by atoms with Gasteiger partial charge in [-0.2, -0.15) is 0 Å². The van der Waals surface area contributed by atoms with Gasteiger partial charge in [-0.25, -0.2) is 23.1 Å². The third kappa shape index (κ3) is 4.50. The number of ether oxygens (including phenoxy) is 1. The molecule has 0 aliphatic rings. The molecule has 0 aliphatic heterocycles. The molecule has 0 saturated carbocycles. The van der Waals surface area contributed by atoms with E-state index in [-0.39, 0.29) is 5.56 Å². The number of aryl methyl sites for hydroxylation is 2. The van der Waals surface area contributed by atoms with Gasteiger partial charge in [-0.1, -0.05) is 0 Å². The Bertz CT molecular complexity index is 1300. The average molecular weight is 454 g/mol. The van der Waals surface area contributed by atoms with E-state index < -0.39 is 23.5 Å². The minimum atomic E-state index is -1.50. The summed E-state index contributed by atoms with van der Waals surface area (Å²) >= 11 is 0. The molecule has 0 fully saturated rings. The first-order chi connectivity index (χ1) is 15.8. The summed E-state index contributed by atoms with van der Waals surface area (Å²) < 4.78 is 47.6. The molecule has 0 unspecified atom stereocenters. The average Bonchev–Trinajstić information content (AvgIpc) is 3.23. The van der Waals surface area contributed by atoms with Crippen molar-refractivity contribution in [2.24, 2.45) is 0 Å². The first kappa shape index (κ1) is 22.3. The van der Waals surface area contributed by atoms with Gasteiger partial charge < -0.3 is 14.6 Å². The second-order valence-electron chi connectivity index (χ2n) is 7.57. The Hall–Kier alpha value is -3.95. The molecule has 1 aromatic carbocycles. The highest BCUT2D eigenvalue weighted by atomic mass is 19.2. The molecule has 170 valence electrons. The molecule has 0 saturated heterocycles. The van der Waals surface area contributed by atoms with Gasteiger partial charge in [0.05, 0.1) is 30.9 Å². The van der Waals surface area contributed by atoms with Crippen LogP contribution in [0.2, 0.25) is 0 Å². The summed E-state index contributed by atoms with van der Waals surface area (Å²) in [5, 5.41) is 11.5. The summed E-state index contributed by atoms with van der Waals surface area (Å²) in [6, 6.07) is 6.81. The first-order valence-electron chi connectivity index (χ1n) is 10.1. The second kappa shape index (κ2) is 8.89. The van der Waals surface area contributed by atoms with E-state index in [1.54, 1.807) is 25.4 Å². The normalized spacial score (nSPS) is 12.0. The van der Waals surface area contributed by atoms with Crippen molar-refractivity contribution in [1.29, 1.82) is 0 Å². The van der Waals surface area contributed by atoms with Gasteiger partial charge in [-0.15, -0.1) is 10.2 Å². The van der Waals surface area contributed by atoms with Crippen LogP contribution in [0.5, 0.6) is 5.88 Å². The number of aromatic nitrogens is 5. The molecule has 7 nitrogen and oxygen atoms in total. The second-order valence-corrected chi connectivity index (χ2v) is 7.57. The molecule has 4 rings (SSSR count). The molecule has 1 atom stereocenters. The topological polar surface area (TPSA) is 77.8 Å². The third-order valence-electron chi connectivity index (χ3n) is 5.13. The van der Waals surface area contributed by atoms with Gasteiger partial charge >= 0.3 is 0 Å². The Balaban J connectivity index is 1.59. The molecular formula is C23H21F3N6O. The SMILES string of the molecule is COc1nc(-c2cc(C)c(N[C@@H](C)c3cc(F)c(F)c(F)c3)nn2)ccc1-n1cnc(C)c1. The Morgan fingerprint density at radius 2 is 1.73 bits per heavy atom. The van der Waals surface area contributed by atoms with Gasteiger partial charge in [0.2, 0.25) is 5.88 Å². The zero-order valence-electron chi connectivity index (χ0n) is 18.4. The minimum Gasteiger partial charge on any atom is -0.479 e. The molecule has 0 spiro atoms. The van der Waals surface area contributed by atoms with Crippen LogP contribution < -0.4 is 10.1 Å². The van der Waals surface area contributed by atoms with E-state index in [9.17, 15) is 13.2 Å².